The minimum atomic E-state index is -0.482. The van der Waals surface area contributed by atoms with Crippen LogP contribution in [0.5, 0.6) is 0 Å². The summed E-state index contributed by atoms with van der Waals surface area (Å²) in [6, 6.07) is 9.40. The molecule has 5 nitrogen and oxygen atoms in total. The third-order valence-corrected chi connectivity index (χ3v) is 5.43. The van der Waals surface area contributed by atoms with E-state index < -0.39 is 6.29 Å². The van der Waals surface area contributed by atoms with Gasteiger partial charge in [0.05, 0.1) is 6.61 Å². The van der Waals surface area contributed by atoms with Gasteiger partial charge in [-0.25, -0.2) is 0 Å². The minimum Gasteiger partial charge on any atom is -0.459 e. The molecule has 150 valence electrons. The topological polar surface area (TPSA) is 67.8 Å². The number of ether oxygens (including phenoxy) is 2. The molecule has 3 rings (SSSR count). The highest BCUT2D eigenvalue weighted by Gasteiger charge is 2.28. The number of amides is 1. The predicted octanol–water partition coefficient (Wildman–Crippen LogP) is 4.22. The van der Waals surface area contributed by atoms with Gasteiger partial charge in [-0.05, 0) is 59.0 Å². The van der Waals surface area contributed by atoms with Crippen LogP contribution in [0.4, 0.5) is 0 Å². The Labute approximate surface area is 173 Å². The first-order valence-corrected chi connectivity index (χ1v) is 10.6. The maximum atomic E-state index is 12.7. The first-order chi connectivity index (χ1) is 13.7. The zero-order valence-corrected chi connectivity index (χ0v) is 17.0. The zero-order chi connectivity index (χ0) is 19.8. The third kappa shape index (κ3) is 6.07. The van der Waals surface area contributed by atoms with E-state index in [0.717, 1.165) is 17.5 Å². The van der Waals surface area contributed by atoms with Crippen LogP contribution in [0.25, 0.3) is 0 Å². The van der Waals surface area contributed by atoms with Gasteiger partial charge in [0.15, 0.2) is 5.76 Å². The van der Waals surface area contributed by atoms with Crippen LogP contribution in [0, 0.1) is 0 Å². The van der Waals surface area contributed by atoms with Crippen molar-refractivity contribution in [2.45, 2.75) is 38.0 Å². The number of allylic oxidation sites excluding steroid dienone is 1. The molecule has 1 aromatic carbocycles. The van der Waals surface area contributed by atoms with Crippen LogP contribution in [0.3, 0.4) is 0 Å². The summed E-state index contributed by atoms with van der Waals surface area (Å²) < 4.78 is 11.6. The van der Waals surface area contributed by atoms with E-state index in [9.17, 15) is 4.79 Å². The number of carbonyl (C=O) groups is 1. The van der Waals surface area contributed by atoms with E-state index in [1.54, 1.807) is 23.5 Å². The molecule has 1 aliphatic rings. The van der Waals surface area contributed by atoms with E-state index in [0.29, 0.717) is 31.0 Å². The smallest absolute Gasteiger partial charge is 0.286 e. The third-order valence-electron chi connectivity index (χ3n) is 4.48. The molecule has 2 heterocycles. The van der Waals surface area contributed by atoms with Gasteiger partial charge in [-0.1, -0.05) is 23.7 Å². The molecule has 1 amide bonds. The van der Waals surface area contributed by atoms with Crippen LogP contribution < -0.4 is 5.32 Å². The molecule has 1 aliphatic heterocycles. The molecule has 0 saturated heterocycles. The van der Waals surface area contributed by atoms with Crippen LogP contribution in [-0.2, 0) is 20.8 Å². The molecule has 2 N–H and O–H groups in total. The lowest BCUT2D eigenvalue weighted by Crippen LogP contribution is -2.32. The van der Waals surface area contributed by atoms with E-state index in [-0.39, 0.29) is 24.2 Å². The van der Waals surface area contributed by atoms with Crippen LogP contribution >= 0.6 is 22.9 Å². The second-order valence-corrected chi connectivity index (χ2v) is 7.80. The molecule has 0 aliphatic carbocycles. The largest absolute Gasteiger partial charge is 0.459 e. The number of halogens is 1. The van der Waals surface area contributed by atoms with Crippen molar-refractivity contribution >= 4 is 28.8 Å². The fraction of sp³-hybridized carbons (Fsp3) is 0.381. The number of rotatable bonds is 9. The second-order valence-electron chi connectivity index (χ2n) is 6.59. The van der Waals surface area contributed by atoms with Crippen molar-refractivity contribution in [1.29, 1.82) is 0 Å². The number of carbonyl (C=O) groups excluding carboxylic acids is 1. The molecule has 1 aromatic heterocycles. The fourth-order valence-electron chi connectivity index (χ4n) is 2.94. The molecule has 0 fully saturated rings. The van der Waals surface area contributed by atoms with E-state index in [2.05, 4.69) is 16.8 Å². The SMILES string of the molecule is O=C(NCc1ccc(Cl)cc1)C1=C[C@@H](c2ccsc2)C[C@@H](OCCCCO)O1. The molecule has 2 atom stereocenters. The van der Waals surface area contributed by atoms with E-state index in [1.807, 2.05) is 23.6 Å². The molecule has 0 saturated carbocycles. The van der Waals surface area contributed by atoms with E-state index in [1.165, 1.54) is 0 Å². The molecule has 7 heteroatoms. The highest BCUT2D eigenvalue weighted by molar-refractivity contribution is 7.08. The molecular weight excluding hydrogens is 398 g/mol. The maximum Gasteiger partial charge on any atom is 0.286 e. The van der Waals surface area contributed by atoms with E-state index in [4.69, 9.17) is 26.2 Å². The van der Waals surface area contributed by atoms with Gasteiger partial charge in [-0.2, -0.15) is 11.3 Å². The lowest BCUT2D eigenvalue weighted by Gasteiger charge is -2.29. The monoisotopic (exact) mass is 421 g/mol. The second kappa shape index (κ2) is 10.6. The van der Waals surface area contributed by atoms with Crippen molar-refractivity contribution in [1.82, 2.24) is 5.32 Å². The van der Waals surface area contributed by atoms with Gasteiger partial charge in [0, 0.05) is 30.5 Å². The lowest BCUT2D eigenvalue weighted by atomic mass is 9.95. The number of hydrogen-bond acceptors (Lipinski definition) is 5. The quantitative estimate of drug-likeness (QED) is 0.595. The first kappa shape index (κ1) is 20.9. The molecule has 0 spiro atoms. The van der Waals surface area contributed by atoms with Crippen molar-refractivity contribution in [2.24, 2.45) is 0 Å². The fourth-order valence-corrected chi connectivity index (χ4v) is 3.79. The number of unbranched alkanes of at least 4 members (excludes halogenated alkanes) is 1. The lowest BCUT2D eigenvalue weighted by molar-refractivity contribution is -0.146. The van der Waals surface area contributed by atoms with Crippen LogP contribution in [0.15, 0.2) is 52.9 Å². The van der Waals surface area contributed by atoms with Crippen molar-refractivity contribution in [2.75, 3.05) is 13.2 Å². The number of benzene rings is 1. The Morgan fingerprint density at radius 2 is 2.11 bits per heavy atom. The average Bonchev–Trinajstić information content (AvgIpc) is 3.25. The van der Waals surface area contributed by atoms with E-state index >= 15 is 0 Å². The van der Waals surface area contributed by atoms with Gasteiger partial charge in [0.25, 0.3) is 5.91 Å². The Hall–Kier alpha value is -1.86. The highest BCUT2D eigenvalue weighted by atomic mass is 35.5. The predicted molar refractivity (Wildman–Crippen MR) is 110 cm³/mol. The first-order valence-electron chi connectivity index (χ1n) is 9.31. The molecule has 0 unspecified atom stereocenters. The summed E-state index contributed by atoms with van der Waals surface area (Å²) in [5.41, 5.74) is 2.11. The minimum absolute atomic E-state index is 0.0686. The molecule has 28 heavy (non-hydrogen) atoms. The Kier molecular flexibility index (Phi) is 7.91. The summed E-state index contributed by atoms with van der Waals surface area (Å²) >= 11 is 7.52. The van der Waals surface area contributed by atoms with Crippen LogP contribution in [-0.4, -0.2) is 30.5 Å². The molecular formula is C21H24ClNO4S. The van der Waals surface area contributed by atoms with Crippen LogP contribution in [0.2, 0.25) is 5.02 Å². The zero-order valence-electron chi connectivity index (χ0n) is 15.5. The maximum absolute atomic E-state index is 12.7. The van der Waals surface area contributed by atoms with Gasteiger partial charge in [0.1, 0.15) is 0 Å². The number of aliphatic hydroxyl groups excluding tert-OH is 1. The van der Waals surface area contributed by atoms with Gasteiger partial charge in [-0.3, -0.25) is 4.79 Å². The van der Waals surface area contributed by atoms with Crippen molar-refractivity contribution < 1.29 is 19.4 Å². The summed E-state index contributed by atoms with van der Waals surface area (Å²) in [5.74, 6) is 0.0848. The standard InChI is InChI=1S/C21H24ClNO4S/c22-18-5-3-15(4-6-18)13-23-21(25)19-11-17(16-7-10-28-14-16)12-20(27-19)26-9-2-1-8-24/h3-7,10-11,14,17,20,24H,1-2,8-9,12-13H2,(H,23,25)/t17-,20+/m1/s1. The normalized spacial score (nSPS) is 19.0. The molecule has 2 aromatic rings. The number of aliphatic hydroxyl groups is 1. The van der Waals surface area contributed by atoms with Gasteiger partial charge in [0.2, 0.25) is 6.29 Å². The van der Waals surface area contributed by atoms with Crippen molar-refractivity contribution in [3.05, 3.63) is 69.1 Å². The summed E-state index contributed by atoms with van der Waals surface area (Å²) in [6.45, 7) is 1.02. The number of hydrogen-bond donors (Lipinski definition) is 2. The Morgan fingerprint density at radius 1 is 1.29 bits per heavy atom. The van der Waals surface area contributed by atoms with Gasteiger partial charge >= 0.3 is 0 Å². The molecule has 0 radical (unpaired) electrons. The summed E-state index contributed by atoms with van der Waals surface area (Å²) in [5, 5.41) is 16.6. The Morgan fingerprint density at radius 3 is 2.82 bits per heavy atom. The Balaban J connectivity index is 1.63. The van der Waals surface area contributed by atoms with Gasteiger partial charge < -0.3 is 19.9 Å². The number of nitrogens with one attached hydrogen (secondary N) is 1. The van der Waals surface area contributed by atoms with Crippen LogP contribution in [0.1, 0.15) is 36.3 Å². The van der Waals surface area contributed by atoms with Crippen molar-refractivity contribution in [3.63, 3.8) is 0 Å². The van der Waals surface area contributed by atoms with Crippen molar-refractivity contribution in [3.8, 4) is 0 Å². The highest BCUT2D eigenvalue weighted by Crippen LogP contribution is 2.32. The summed E-state index contributed by atoms with van der Waals surface area (Å²) in [6.07, 6.45) is 3.48. The summed E-state index contributed by atoms with van der Waals surface area (Å²) in [4.78, 5) is 12.7. The number of thiophene rings is 1. The van der Waals surface area contributed by atoms with Gasteiger partial charge in [-0.15, -0.1) is 0 Å². The molecule has 0 bridgehead atoms. The Bertz CT molecular complexity index is 776. The average molecular weight is 422 g/mol. The summed E-state index contributed by atoms with van der Waals surface area (Å²) in [7, 11) is 0.